The number of hydrogen-bond donors (Lipinski definition) is 0. The van der Waals surface area contributed by atoms with Crippen LogP contribution in [0.5, 0.6) is 11.5 Å². The van der Waals surface area contributed by atoms with Crippen LogP contribution >= 0.6 is 0 Å². The fourth-order valence-corrected chi connectivity index (χ4v) is 1.17. The van der Waals surface area contributed by atoms with Gasteiger partial charge in [-0.05, 0) is 38.1 Å². The van der Waals surface area contributed by atoms with Gasteiger partial charge in [-0.25, -0.2) is 0 Å². The zero-order valence-electron chi connectivity index (χ0n) is 9.92. The molecule has 0 heterocycles. The van der Waals surface area contributed by atoms with E-state index in [0.717, 1.165) is 0 Å². The van der Waals surface area contributed by atoms with Crippen LogP contribution < -0.4 is 19.4 Å². The zero-order valence-corrected chi connectivity index (χ0v) is 9.92. The Morgan fingerprint density at radius 1 is 1.06 bits per heavy atom. The molecule has 5 nitrogen and oxygen atoms in total. The average Bonchev–Trinajstić information content (AvgIpc) is 2.25. The van der Waals surface area contributed by atoms with Gasteiger partial charge in [0.05, 0.1) is 18.5 Å². The summed E-state index contributed by atoms with van der Waals surface area (Å²) < 4.78 is 15.1. The van der Waals surface area contributed by atoms with Crippen LogP contribution in [-0.2, 0) is 4.74 Å². The highest BCUT2D eigenvalue weighted by atomic mass is 16.6. The molecule has 0 unspecified atom stereocenters. The van der Waals surface area contributed by atoms with Crippen molar-refractivity contribution < 1.29 is 24.2 Å². The van der Waals surface area contributed by atoms with Crippen LogP contribution in [0, 0.1) is 0 Å². The van der Waals surface area contributed by atoms with Crippen molar-refractivity contribution in [3.05, 3.63) is 24.3 Å². The molecule has 0 bridgehead atoms. The molecule has 1 aromatic carbocycles. The molecule has 0 saturated heterocycles. The van der Waals surface area contributed by atoms with Crippen molar-refractivity contribution in [2.24, 2.45) is 0 Å². The van der Waals surface area contributed by atoms with Crippen LogP contribution in [0.2, 0.25) is 0 Å². The fraction of sp³-hybridized carbons (Fsp3) is 0.455. The normalized spacial score (nSPS) is 10.4. The van der Waals surface area contributed by atoms with Crippen molar-refractivity contribution in [2.45, 2.75) is 20.0 Å². The maximum Gasteiger partial charge on any atom is 0.133 e. The highest BCUT2D eigenvalue weighted by molar-refractivity contribution is 6.29. The second-order valence-electron chi connectivity index (χ2n) is 3.65. The highest BCUT2D eigenvalue weighted by Gasteiger charge is 1.97. The lowest BCUT2D eigenvalue weighted by Gasteiger charge is -2.26. The Hall–Kier alpha value is -1.24. The van der Waals surface area contributed by atoms with Crippen molar-refractivity contribution >= 4 is 7.32 Å². The summed E-state index contributed by atoms with van der Waals surface area (Å²) in [5.74, 6) is 0.879. The predicted octanol–water partition coefficient (Wildman–Crippen LogP) is -0.425. The molecule has 0 atom stereocenters. The van der Waals surface area contributed by atoms with Crippen LogP contribution in [0.25, 0.3) is 0 Å². The van der Waals surface area contributed by atoms with Gasteiger partial charge in [-0.3, -0.25) is 0 Å². The van der Waals surface area contributed by atoms with Crippen molar-refractivity contribution in [1.29, 1.82) is 0 Å². The molecule has 0 aliphatic heterocycles. The lowest BCUT2D eigenvalue weighted by Crippen LogP contribution is -2.50. The van der Waals surface area contributed by atoms with E-state index in [2.05, 4.69) is 4.65 Å². The number of hydrogen-bond acceptors (Lipinski definition) is 5. The van der Waals surface area contributed by atoms with Gasteiger partial charge in [-0.2, -0.15) is 0 Å². The van der Waals surface area contributed by atoms with E-state index in [1.807, 2.05) is 13.8 Å². The molecule has 17 heavy (non-hydrogen) atoms. The van der Waals surface area contributed by atoms with E-state index >= 15 is 0 Å². The second-order valence-corrected chi connectivity index (χ2v) is 3.65. The molecule has 0 amide bonds. The summed E-state index contributed by atoms with van der Waals surface area (Å²) in [5.41, 5.74) is 0. The molecule has 6 heteroatoms. The van der Waals surface area contributed by atoms with E-state index in [-0.39, 0.29) is 11.9 Å². The van der Waals surface area contributed by atoms with Crippen molar-refractivity contribution in [3.8, 4) is 11.5 Å². The summed E-state index contributed by atoms with van der Waals surface area (Å²) in [5, 5.41) is 20.5. The fourth-order valence-electron chi connectivity index (χ4n) is 1.17. The van der Waals surface area contributed by atoms with Crippen molar-refractivity contribution in [2.75, 3.05) is 13.2 Å². The minimum Gasteiger partial charge on any atom is -0.860 e. The average molecular weight is 238 g/mol. The summed E-state index contributed by atoms with van der Waals surface area (Å²) in [6.07, 6.45) is 0.181. The summed E-state index contributed by atoms with van der Waals surface area (Å²) in [4.78, 5) is 0. The summed E-state index contributed by atoms with van der Waals surface area (Å²) in [7, 11) is -2.30. The van der Waals surface area contributed by atoms with Crippen molar-refractivity contribution in [1.82, 2.24) is 0 Å². The second kappa shape index (κ2) is 7.16. The molecule has 0 aromatic heterocycles. The first-order valence-electron chi connectivity index (χ1n) is 5.40. The van der Waals surface area contributed by atoms with Gasteiger partial charge in [0.25, 0.3) is 0 Å². The lowest BCUT2D eigenvalue weighted by atomic mass is 10.2. The van der Waals surface area contributed by atoms with Gasteiger partial charge in [0.15, 0.2) is 0 Å². The van der Waals surface area contributed by atoms with Gasteiger partial charge >= 0.3 is 0 Å². The van der Waals surface area contributed by atoms with Crippen LogP contribution in [0.1, 0.15) is 13.8 Å². The Balaban J connectivity index is 2.30. The maximum atomic E-state index is 10.2. The smallest absolute Gasteiger partial charge is 0.133 e. The van der Waals surface area contributed by atoms with Crippen molar-refractivity contribution in [3.63, 3.8) is 0 Å². The molecule has 0 spiro atoms. The third kappa shape index (κ3) is 6.16. The Labute approximate surface area is 101 Å². The molecule has 1 aromatic rings. The monoisotopic (exact) mass is 238 g/mol. The van der Waals surface area contributed by atoms with E-state index in [4.69, 9.17) is 9.47 Å². The van der Waals surface area contributed by atoms with E-state index in [9.17, 15) is 10.0 Å². The minimum absolute atomic E-state index is 0.181. The van der Waals surface area contributed by atoms with Gasteiger partial charge in [-0.1, -0.05) is 0 Å². The molecule has 0 radical (unpaired) electrons. The predicted molar refractivity (Wildman–Crippen MR) is 59.4 cm³/mol. The molecule has 0 aliphatic rings. The highest BCUT2D eigenvalue weighted by Crippen LogP contribution is 2.17. The summed E-state index contributed by atoms with van der Waals surface area (Å²) in [6.45, 7) is 4.87. The quantitative estimate of drug-likeness (QED) is 0.476. The third-order valence-corrected chi connectivity index (χ3v) is 1.86. The number of ether oxygens (including phenoxy) is 2. The Morgan fingerprint density at radius 3 is 2.18 bits per heavy atom. The van der Waals surface area contributed by atoms with E-state index in [1.54, 1.807) is 12.1 Å². The molecule has 0 N–H and O–H groups in total. The van der Waals surface area contributed by atoms with Crippen LogP contribution in [0.4, 0.5) is 0 Å². The van der Waals surface area contributed by atoms with Gasteiger partial charge in [-0.15, -0.1) is 0 Å². The van der Waals surface area contributed by atoms with Gasteiger partial charge in [0.2, 0.25) is 0 Å². The number of rotatable bonds is 7. The lowest BCUT2D eigenvalue weighted by molar-refractivity contribution is -0.372. The van der Waals surface area contributed by atoms with E-state index in [1.165, 1.54) is 12.1 Å². The summed E-state index contributed by atoms with van der Waals surface area (Å²) >= 11 is 0. The molecular formula is C11H15BO5-2. The van der Waals surface area contributed by atoms with Gasteiger partial charge in [0, 0.05) is 0 Å². The van der Waals surface area contributed by atoms with E-state index < -0.39 is 7.32 Å². The largest absolute Gasteiger partial charge is 0.860 e. The van der Waals surface area contributed by atoms with Gasteiger partial charge < -0.3 is 24.2 Å². The first-order valence-corrected chi connectivity index (χ1v) is 5.40. The molecular weight excluding hydrogens is 223 g/mol. The Bertz CT molecular complexity index is 312. The number of benzene rings is 1. The molecule has 0 aliphatic carbocycles. The Kier molecular flexibility index (Phi) is 5.83. The molecule has 0 saturated carbocycles. The Morgan fingerprint density at radius 2 is 1.65 bits per heavy atom. The first kappa shape index (κ1) is 13.8. The topological polar surface area (TPSA) is 73.8 Å². The standard InChI is InChI=1S/C11H15BO5/c1-9(2)15-7-8-16-10-3-5-11(6-4-10)17-12(13)14/h3-6,9H,7-8H2,1-2H3/q-2. The molecule has 94 valence electrons. The van der Waals surface area contributed by atoms with Crippen LogP contribution in [0.3, 0.4) is 0 Å². The van der Waals surface area contributed by atoms with E-state index in [0.29, 0.717) is 19.0 Å². The summed E-state index contributed by atoms with van der Waals surface area (Å²) in [6, 6.07) is 6.29. The minimum atomic E-state index is -2.30. The first-order chi connectivity index (χ1) is 8.08. The maximum absolute atomic E-state index is 10.2. The molecule has 0 fully saturated rings. The molecule has 1 rings (SSSR count). The SMILES string of the molecule is CC(C)OCCOc1ccc(OB([O-])[O-])cc1. The third-order valence-electron chi connectivity index (χ3n) is 1.86. The van der Waals surface area contributed by atoms with Gasteiger partial charge in [0.1, 0.15) is 19.7 Å². The van der Waals surface area contributed by atoms with Crippen LogP contribution in [0.15, 0.2) is 24.3 Å². The zero-order chi connectivity index (χ0) is 12.7. The van der Waals surface area contributed by atoms with Crippen LogP contribution in [-0.4, -0.2) is 26.6 Å².